The van der Waals surface area contributed by atoms with E-state index in [4.69, 9.17) is 0 Å². The van der Waals surface area contributed by atoms with Crippen LogP contribution in [0.2, 0.25) is 0 Å². The first-order valence-electron chi connectivity index (χ1n) is 8.53. The first-order valence-corrected chi connectivity index (χ1v) is 8.53. The lowest BCUT2D eigenvalue weighted by molar-refractivity contribution is -0.130. The smallest absolute Gasteiger partial charge is 0.241 e. The van der Waals surface area contributed by atoms with Gasteiger partial charge in [-0.1, -0.05) is 19.1 Å². The lowest BCUT2D eigenvalue weighted by atomic mass is 10.0. The van der Waals surface area contributed by atoms with Gasteiger partial charge in [0.1, 0.15) is 5.82 Å². The van der Waals surface area contributed by atoms with Crippen molar-refractivity contribution in [2.24, 2.45) is 5.92 Å². The molecule has 1 amide bonds. The average Bonchev–Trinajstić information content (AvgIpc) is 2.60. The van der Waals surface area contributed by atoms with Gasteiger partial charge in [-0.2, -0.15) is 0 Å². The minimum Gasteiger partial charge on any atom is -0.376 e. The van der Waals surface area contributed by atoms with Crippen LogP contribution in [0, 0.1) is 12.8 Å². The zero-order valence-electron chi connectivity index (χ0n) is 14.3. The van der Waals surface area contributed by atoms with Crippen molar-refractivity contribution in [1.29, 1.82) is 0 Å². The van der Waals surface area contributed by atoms with E-state index in [0.29, 0.717) is 12.5 Å². The molecule has 5 heteroatoms. The van der Waals surface area contributed by atoms with E-state index in [9.17, 15) is 4.79 Å². The van der Waals surface area contributed by atoms with Gasteiger partial charge in [-0.3, -0.25) is 4.79 Å². The number of nitrogens with zero attached hydrogens (tertiary/aromatic N) is 3. The second-order valence-corrected chi connectivity index (χ2v) is 6.51. The van der Waals surface area contributed by atoms with Crippen LogP contribution in [0.3, 0.4) is 0 Å². The van der Waals surface area contributed by atoms with Crippen LogP contribution >= 0.6 is 0 Å². The predicted molar refractivity (Wildman–Crippen MR) is 95.7 cm³/mol. The second-order valence-electron chi connectivity index (χ2n) is 6.51. The molecule has 2 aromatic rings. The molecule has 0 aliphatic carbocycles. The molecule has 1 aromatic carbocycles. The highest BCUT2D eigenvalue weighted by atomic mass is 16.2. The topological polar surface area (TPSA) is 58.1 Å². The van der Waals surface area contributed by atoms with E-state index in [1.165, 1.54) is 6.42 Å². The second kappa shape index (κ2) is 7.43. The van der Waals surface area contributed by atoms with E-state index in [0.717, 1.165) is 42.3 Å². The molecule has 2 heterocycles. The molecule has 1 atom stereocenters. The van der Waals surface area contributed by atoms with E-state index in [2.05, 4.69) is 22.2 Å². The molecule has 0 spiro atoms. The van der Waals surface area contributed by atoms with Gasteiger partial charge >= 0.3 is 0 Å². The van der Waals surface area contributed by atoms with E-state index in [-0.39, 0.29) is 5.91 Å². The molecule has 1 N–H and O–H groups in total. The summed E-state index contributed by atoms with van der Waals surface area (Å²) in [5.41, 5.74) is 2.84. The van der Waals surface area contributed by atoms with Crippen molar-refractivity contribution in [3.05, 3.63) is 42.4 Å². The van der Waals surface area contributed by atoms with Gasteiger partial charge in [0, 0.05) is 30.5 Å². The maximum Gasteiger partial charge on any atom is 0.241 e. The number of aryl methyl sites for hydroxylation is 1. The van der Waals surface area contributed by atoms with E-state index >= 15 is 0 Å². The Morgan fingerprint density at radius 3 is 3.04 bits per heavy atom. The number of hydrogen-bond acceptors (Lipinski definition) is 4. The molecular formula is C19H24N4O. The summed E-state index contributed by atoms with van der Waals surface area (Å²) in [5.74, 6) is 1.53. The molecule has 0 bridgehead atoms. The molecule has 24 heavy (non-hydrogen) atoms. The first kappa shape index (κ1) is 16.4. The normalized spacial score (nSPS) is 17.6. The highest BCUT2D eigenvalue weighted by molar-refractivity contribution is 5.81. The van der Waals surface area contributed by atoms with Crippen LogP contribution in [-0.4, -0.2) is 40.4 Å². The molecule has 0 radical (unpaired) electrons. The first-order chi connectivity index (χ1) is 11.6. The minimum atomic E-state index is 0.171. The third-order valence-electron chi connectivity index (χ3n) is 4.39. The Morgan fingerprint density at radius 1 is 1.38 bits per heavy atom. The Kier molecular flexibility index (Phi) is 5.08. The molecule has 1 fully saturated rings. The Labute approximate surface area is 143 Å². The van der Waals surface area contributed by atoms with Crippen LogP contribution in [0.5, 0.6) is 0 Å². The highest BCUT2D eigenvalue weighted by Gasteiger charge is 2.20. The summed E-state index contributed by atoms with van der Waals surface area (Å²) >= 11 is 0. The summed E-state index contributed by atoms with van der Waals surface area (Å²) in [6.45, 7) is 6.18. The number of amides is 1. The van der Waals surface area contributed by atoms with Crippen LogP contribution in [0.1, 0.15) is 25.6 Å². The fourth-order valence-corrected chi connectivity index (χ4v) is 3.11. The van der Waals surface area contributed by atoms with E-state index in [1.54, 1.807) is 6.20 Å². The van der Waals surface area contributed by atoms with Gasteiger partial charge in [0.25, 0.3) is 0 Å². The molecule has 1 aliphatic rings. The van der Waals surface area contributed by atoms with Gasteiger partial charge in [0.05, 0.1) is 12.2 Å². The predicted octanol–water partition coefficient (Wildman–Crippen LogP) is 3.12. The third-order valence-corrected chi connectivity index (χ3v) is 4.39. The molecule has 126 valence electrons. The maximum absolute atomic E-state index is 12.4. The monoisotopic (exact) mass is 324 g/mol. The van der Waals surface area contributed by atoms with Crippen LogP contribution in [0.4, 0.5) is 5.69 Å². The van der Waals surface area contributed by atoms with E-state index < -0.39 is 0 Å². The number of likely N-dealkylation sites (tertiary alicyclic amines) is 1. The SMILES string of the molecule is Cc1nccc(-c2cccc(NCC(=O)N3CCC[C@@H](C)C3)c2)n1. The van der Waals surface area contributed by atoms with Crippen molar-refractivity contribution < 1.29 is 4.79 Å². The number of carbonyl (C=O) groups is 1. The molecule has 1 aromatic heterocycles. The number of benzene rings is 1. The third kappa shape index (κ3) is 4.10. The van der Waals surface area contributed by atoms with Crippen LogP contribution in [0.15, 0.2) is 36.5 Å². The quantitative estimate of drug-likeness (QED) is 0.939. The standard InChI is InChI=1S/C19H24N4O/c1-14-5-4-10-23(13-14)19(24)12-21-17-7-3-6-16(11-17)18-8-9-20-15(2)22-18/h3,6-9,11,14,21H,4-5,10,12-13H2,1-2H3/t14-/m1/s1. The van der Waals surface area contributed by atoms with Gasteiger partial charge in [-0.05, 0) is 43.9 Å². The molecule has 5 nitrogen and oxygen atoms in total. The van der Waals surface area contributed by atoms with Crippen LogP contribution in [0.25, 0.3) is 11.3 Å². The Balaban J connectivity index is 1.63. The maximum atomic E-state index is 12.4. The number of piperidine rings is 1. The van der Waals surface area contributed by atoms with Gasteiger partial charge in [-0.25, -0.2) is 9.97 Å². The van der Waals surface area contributed by atoms with Crippen LogP contribution < -0.4 is 5.32 Å². The summed E-state index contributed by atoms with van der Waals surface area (Å²) < 4.78 is 0. The Morgan fingerprint density at radius 2 is 2.25 bits per heavy atom. The van der Waals surface area contributed by atoms with Gasteiger partial charge in [0.15, 0.2) is 0 Å². The van der Waals surface area contributed by atoms with Crippen molar-refractivity contribution in [2.45, 2.75) is 26.7 Å². The summed E-state index contributed by atoms with van der Waals surface area (Å²) in [7, 11) is 0. The Hall–Kier alpha value is -2.43. The fourth-order valence-electron chi connectivity index (χ4n) is 3.11. The van der Waals surface area contributed by atoms with Crippen molar-refractivity contribution in [2.75, 3.05) is 25.0 Å². The summed E-state index contributed by atoms with van der Waals surface area (Å²) in [6.07, 6.45) is 4.09. The average molecular weight is 324 g/mol. The van der Waals surface area contributed by atoms with E-state index in [1.807, 2.05) is 42.2 Å². The fraction of sp³-hybridized carbons (Fsp3) is 0.421. The summed E-state index contributed by atoms with van der Waals surface area (Å²) in [6, 6.07) is 9.88. The minimum absolute atomic E-state index is 0.171. The summed E-state index contributed by atoms with van der Waals surface area (Å²) in [5, 5.41) is 3.25. The van der Waals surface area contributed by atoms with Gasteiger partial charge in [-0.15, -0.1) is 0 Å². The number of anilines is 1. The molecule has 0 unspecified atom stereocenters. The number of hydrogen-bond donors (Lipinski definition) is 1. The van der Waals surface area contributed by atoms with Crippen molar-refractivity contribution in [1.82, 2.24) is 14.9 Å². The molecule has 1 aliphatic heterocycles. The van der Waals surface area contributed by atoms with Gasteiger partial charge < -0.3 is 10.2 Å². The molecule has 3 rings (SSSR count). The molecule has 1 saturated heterocycles. The highest BCUT2D eigenvalue weighted by Crippen LogP contribution is 2.21. The lowest BCUT2D eigenvalue weighted by Gasteiger charge is -2.31. The largest absolute Gasteiger partial charge is 0.376 e. The van der Waals surface area contributed by atoms with Crippen molar-refractivity contribution in [3.63, 3.8) is 0 Å². The van der Waals surface area contributed by atoms with Crippen molar-refractivity contribution >= 4 is 11.6 Å². The van der Waals surface area contributed by atoms with Crippen LogP contribution in [-0.2, 0) is 4.79 Å². The number of carbonyl (C=O) groups excluding carboxylic acids is 1. The Bertz CT molecular complexity index is 716. The van der Waals surface area contributed by atoms with Gasteiger partial charge in [0.2, 0.25) is 5.91 Å². The zero-order valence-corrected chi connectivity index (χ0v) is 14.3. The molecule has 0 saturated carbocycles. The number of aromatic nitrogens is 2. The number of rotatable bonds is 4. The number of nitrogens with one attached hydrogen (secondary N) is 1. The summed E-state index contributed by atoms with van der Waals surface area (Å²) in [4.78, 5) is 22.9. The molecular weight excluding hydrogens is 300 g/mol. The van der Waals surface area contributed by atoms with Crippen molar-refractivity contribution in [3.8, 4) is 11.3 Å². The zero-order chi connectivity index (χ0) is 16.9. The lowest BCUT2D eigenvalue weighted by Crippen LogP contribution is -2.41.